The minimum atomic E-state index is -0.208. The van der Waals surface area contributed by atoms with Crippen LogP contribution in [0.4, 0.5) is 5.69 Å². The van der Waals surface area contributed by atoms with Crippen molar-refractivity contribution in [2.24, 2.45) is 0 Å². The Morgan fingerprint density at radius 1 is 0.963 bits per heavy atom. The van der Waals surface area contributed by atoms with Crippen LogP contribution in [0.5, 0.6) is 0 Å². The van der Waals surface area contributed by atoms with Crippen LogP contribution in [-0.4, -0.2) is 23.3 Å². The van der Waals surface area contributed by atoms with Gasteiger partial charge in [-0.2, -0.15) is 0 Å². The second kappa shape index (κ2) is 9.03. The molecule has 0 saturated carbocycles. The molecule has 3 aromatic rings. The van der Waals surface area contributed by atoms with E-state index in [1.165, 1.54) is 10.9 Å². The van der Waals surface area contributed by atoms with Gasteiger partial charge in [0.2, 0.25) is 11.8 Å². The lowest BCUT2D eigenvalue weighted by Crippen LogP contribution is -2.32. The quantitative estimate of drug-likeness (QED) is 0.569. The van der Waals surface area contributed by atoms with Crippen LogP contribution in [0.2, 0.25) is 0 Å². The number of amides is 2. The van der Waals surface area contributed by atoms with Gasteiger partial charge in [-0.1, -0.05) is 43.3 Å². The number of nitrogens with one attached hydrogen (secondary N) is 3. The second-order valence-corrected chi connectivity index (χ2v) is 6.55. The van der Waals surface area contributed by atoms with E-state index in [1.807, 2.05) is 55.6 Å². The molecule has 0 atom stereocenters. The Balaban J connectivity index is 1.41. The zero-order chi connectivity index (χ0) is 19.1. The highest BCUT2D eigenvalue weighted by atomic mass is 16.2. The molecule has 0 saturated heterocycles. The van der Waals surface area contributed by atoms with Crippen molar-refractivity contribution in [2.75, 3.05) is 11.9 Å². The van der Waals surface area contributed by atoms with Crippen LogP contribution in [0.1, 0.15) is 30.9 Å². The molecule has 5 nitrogen and oxygen atoms in total. The Kier molecular flexibility index (Phi) is 6.26. The maximum absolute atomic E-state index is 12.1. The van der Waals surface area contributed by atoms with E-state index in [0.29, 0.717) is 6.42 Å². The molecule has 0 radical (unpaired) electrons. The van der Waals surface area contributed by atoms with Gasteiger partial charge in [0.25, 0.3) is 0 Å². The average Bonchev–Trinajstić information content (AvgIpc) is 3.10. The largest absolute Gasteiger partial charge is 0.361 e. The van der Waals surface area contributed by atoms with E-state index < -0.39 is 0 Å². The van der Waals surface area contributed by atoms with Crippen LogP contribution in [0, 0.1) is 0 Å². The van der Waals surface area contributed by atoms with Gasteiger partial charge >= 0.3 is 0 Å². The van der Waals surface area contributed by atoms with Crippen LogP contribution in [0.25, 0.3) is 10.9 Å². The number of aryl methyl sites for hydroxylation is 2. The van der Waals surface area contributed by atoms with E-state index in [1.54, 1.807) is 0 Å². The number of H-pyrrole nitrogens is 1. The van der Waals surface area contributed by atoms with Crippen molar-refractivity contribution < 1.29 is 9.59 Å². The monoisotopic (exact) mass is 363 g/mol. The van der Waals surface area contributed by atoms with Crippen LogP contribution in [0.3, 0.4) is 0 Å². The first-order valence-electron chi connectivity index (χ1n) is 9.37. The highest BCUT2D eigenvalue weighted by molar-refractivity contribution is 5.95. The molecule has 0 aliphatic heterocycles. The summed E-state index contributed by atoms with van der Waals surface area (Å²) in [5.74, 6) is -0.311. The Labute approximate surface area is 159 Å². The fourth-order valence-corrected chi connectivity index (χ4v) is 3.19. The minimum Gasteiger partial charge on any atom is -0.361 e. The van der Waals surface area contributed by atoms with Crippen LogP contribution >= 0.6 is 0 Å². The lowest BCUT2D eigenvalue weighted by Gasteiger charge is -2.10. The number of carbonyl (C=O) groups excluding carboxylic acids is 2. The molecule has 3 rings (SSSR count). The van der Waals surface area contributed by atoms with Gasteiger partial charge in [-0.15, -0.1) is 0 Å². The first-order valence-corrected chi connectivity index (χ1v) is 9.37. The van der Waals surface area contributed by atoms with Crippen molar-refractivity contribution in [1.29, 1.82) is 0 Å². The standard InChI is InChI=1S/C22H25N3O2/c1-2-16-8-3-5-11-19(16)25-22(27)15-24-21(26)13-7-9-17-14-23-20-12-6-4-10-18(17)20/h3-6,8,10-12,14,23H,2,7,9,13,15H2,1H3,(H,24,26)(H,25,27). The first kappa shape index (κ1) is 18.7. The molecule has 0 bridgehead atoms. The van der Waals surface area contributed by atoms with Crippen LogP contribution < -0.4 is 10.6 Å². The number of rotatable bonds is 8. The zero-order valence-corrected chi connectivity index (χ0v) is 15.5. The first-order chi connectivity index (χ1) is 13.2. The normalized spacial score (nSPS) is 10.7. The molecule has 0 aliphatic carbocycles. The summed E-state index contributed by atoms with van der Waals surface area (Å²) in [6.07, 6.45) is 4.82. The molecule has 3 N–H and O–H groups in total. The van der Waals surface area contributed by atoms with E-state index in [2.05, 4.69) is 21.7 Å². The Hall–Kier alpha value is -3.08. The van der Waals surface area contributed by atoms with Crippen molar-refractivity contribution in [3.05, 3.63) is 65.9 Å². The topological polar surface area (TPSA) is 74.0 Å². The molecule has 2 aromatic carbocycles. The van der Waals surface area contributed by atoms with Gasteiger partial charge in [0, 0.05) is 29.2 Å². The van der Waals surface area contributed by atoms with E-state index in [4.69, 9.17) is 0 Å². The molecule has 27 heavy (non-hydrogen) atoms. The van der Waals surface area contributed by atoms with E-state index >= 15 is 0 Å². The number of para-hydroxylation sites is 2. The van der Waals surface area contributed by atoms with Crippen molar-refractivity contribution in [1.82, 2.24) is 10.3 Å². The summed E-state index contributed by atoms with van der Waals surface area (Å²) in [6.45, 7) is 2.03. The lowest BCUT2D eigenvalue weighted by atomic mass is 10.1. The maximum atomic E-state index is 12.1. The smallest absolute Gasteiger partial charge is 0.243 e. The Bertz CT molecular complexity index is 930. The number of carbonyl (C=O) groups is 2. The van der Waals surface area contributed by atoms with Crippen LogP contribution in [-0.2, 0) is 22.4 Å². The average molecular weight is 363 g/mol. The lowest BCUT2D eigenvalue weighted by molar-refractivity contribution is -0.124. The third-order valence-corrected chi connectivity index (χ3v) is 4.64. The van der Waals surface area contributed by atoms with Gasteiger partial charge < -0.3 is 15.6 Å². The van der Waals surface area contributed by atoms with Crippen LogP contribution in [0.15, 0.2) is 54.7 Å². The summed E-state index contributed by atoms with van der Waals surface area (Å²) >= 11 is 0. The number of fused-ring (bicyclic) bond motifs is 1. The number of aromatic nitrogens is 1. The zero-order valence-electron chi connectivity index (χ0n) is 15.5. The van der Waals surface area contributed by atoms with E-state index in [0.717, 1.165) is 36.0 Å². The second-order valence-electron chi connectivity index (χ2n) is 6.55. The third kappa shape index (κ3) is 4.97. The predicted molar refractivity (Wildman–Crippen MR) is 109 cm³/mol. The molecular weight excluding hydrogens is 338 g/mol. The molecule has 1 aromatic heterocycles. The highest BCUT2D eigenvalue weighted by Crippen LogP contribution is 2.19. The molecular formula is C22H25N3O2. The summed E-state index contributed by atoms with van der Waals surface area (Å²) in [5.41, 5.74) is 4.21. The fourth-order valence-electron chi connectivity index (χ4n) is 3.19. The number of aromatic amines is 1. The van der Waals surface area contributed by atoms with Crippen molar-refractivity contribution in [2.45, 2.75) is 32.6 Å². The molecule has 0 fully saturated rings. The third-order valence-electron chi connectivity index (χ3n) is 4.64. The summed E-state index contributed by atoms with van der Waals surface area (Å²) < 4.78 is 0. The van der Waals surface area contributed by atoms with Crippen molar-refractivity contribution in [3.8, 4) is 0 Å². The summed E-state index contributed by atoms with van der Waals surface area (Å²) in [7, 11) is 0. The minimum absolute atomic E-state index is 0.00995. The summed E-state index contributed by atoms with van der Waals surface area (Å²) in [6, 6.07) is 15.8. The molecule has 1 heterocycles. The maximum Gasteiger partial charge on any atom is 0.243 e. The molecule has 5 heteroatoms. The fraction of sp³-hybridized carbons (Fsp3) is 0.273. The summed E-state index contributed by atoms with van der Waals surface area (Å²) in [4.78, 5) is 27.3. The van der Waals surface area contributed by atoms with Crippen molar-refractivity contribution >= 4 is 28.4 Å². The van der Waals surface area contributed by atoms with E-state index in [-0.39, 0.29) is 18.4 Å². The summed E-state index contributed by atoms with van der Waals surface area (Å²) in [5, 5.41) is 6.76. The van der Waals surface area contributed by atoms with Crippen molar-refractivity contribution in [3.63, 3.8) is 0 Å². The van der Waals surface area contributed by atoms with Gasteiger partial charge in [0.15, 0.2) is 0 Å². The molecule has 2 amide bonds. The molecule has 140 valence electrons. The van der Waals surface area contributed by atoms with Gasteiger partial charge in [-0.25, -0.2) is 0 Å². The number of benzene rings is 2. The van der Waals surface area contributed by atoms with Gasteiger partial charge in [-0.05, 0) is 42.5 Å². The molecule has 0 aliphatic rings. The predicted octanol–water partition coefficient (Wildman–Crippen LogP) is 3.81. The van der Waals surface area contributed by atoms with Gasteiger partial charge in [0.1, 0.15) is 0 Å². The van der Waals surface area contributed by atoms with Gasteiger partial charge in [-0.3, -0.25) is 9.59 Å². The SMILES string of the molecule is CCc1ccccc1NC(=O)CNC(=O)CCCc1c[nH]c2ccccc12. The van der Waals surface area contributed by atoms with Gasteiger partial charge in [0.05, 0.1) is 6.54 Å². The highest BCUT2D eigenvalue weighted by Gasteiger charge is 2.09. The number of anilines is 1. The Morgan fingerprint density at radius 3 is 2.59 bits per heavy atom. The Morgan fingerprint density at radius 2 is 1.74 bits per heavy atom. The van der Waals surface area contributed by atoms with E-state index in [9.17, 15) is 9.59 Å². The number of hydrogen-bond acceptors (Lipinski definition) is 2. The molecule has 0 unspecified atom stereocenters. The molecule has 0 spiro atoms. The number of hydrogen-bond donors (Lipinski definition) is 3.